The highest BCUT2D eigenvalue weighted by Gasteiger charge is 2.61. The summed E-state index contributed by atoms with van der Waals surface area (Å²) in [7, 11) is 0. The van der Waals surface area contributed by atoms with Crippen LogP contribution < -0.4 is 5.32 Å². The Bertz CT molecular complexity index is 789. The van der Waals surface area contributed by atoms with Gasteiger partial charge in [-0.05, 0) is 48.9 Å². The number of aromatic nitrogens is 1. The van der Waals surface area contributed by atoms with Crippen LogP contribution in [0.3, 0.4) is 0 Å². The first-order valence-electron chi connectivity index (χ1n) is 8.13. The molecular weight excluding hydrogens is 322 g/mol. The molecule has 1 aliphatic heterocycles. The second-order valence-corrected chi connectivity index (χ2v) is 7.68. The minimum absolute atomic E-state index is 0.0000567. The molecule has 3 heterocycles. The van der Waals surface area contributed by atoms with Crippen molar-refractivity contribution in [3.05, 3.63) is 46.4 Å². The SMILES string of the molecule is Cc1ccsc1C(=O)N1CC[C@@]2(C[C@H]2C(=O)Nc2cccnc2)C1. The number of hydrogen-bond donors (Lipinski definition) is 1. The topological polar surface area (TPSA) is 62.3 Å². The van der Waals surface area contributed by atoms with Gasteiger partial charge in [-0.25, -0.2) is 0 Å². The van der Waals surface area contributed by atoms with E-state index < -0.39 is 0 Å². The maximum Gasteiger partial charge on any atom is 0.264 e. The number of nitrogens with one attached hydrogen (secondary N) is 1. The Kier molecular flexibility index (Phi) is 3.64. The van der Waals surface area contributed by atoms with Crippen molar-refractivity contribution in [1.29, 1.82) is 0 Å². The van der Waals surface area contributed by atoms with Crippen LogP contribution in [0.1, 0.15) is 28.1 Å². The second kappa shape index (κ2) is 5.70. The molecule has 6 heteroatoms. The van der Waals surface area contributed by atoms with Gasteiger partial charge in [0.1, 0.15) is 0 Å². The average molecular weight is 341 g/mol. The monoisotopic (exact) mass is 341 g/mol. The maximum absolute atomic E-state index is 12.6. The number of pyridine rings is 1. The highest BCUT2D eigenvalue weighted by atomic mass is 32.1. The summed E-state index contributed by atoms with van der Waals surface area (Å²) in [6, 6.07) is 5.62. The van der Waals surface area contributed by atoms with E-state index in [0.717, 1.165) is 35.5 Å². The molecule has 2 fully saturated rings. The number of anilines is 1. The summed E-state index contributed by atoms with van der Waals surface area (Å²) in [6.07, 6.45) is 5.11. The Morgan fingerprint density at radius 3 is 3.00 bits per heavy atom. The van der Waals surface area contributed by atoms with Crippen molar-refractivity contribution in [3.8, 4) is 0 Å². The first-order chi connectivity index (χ1) is 11.6. The first-order valence-corrected chi connectivity index (χ1v) is 9.01. The quantitative estimate of drug-likeness (QED) is 0.934. The van der Waals surface area contributed by atoms with Crippen LogP contribution in [0.25, 0.3) is 0 Å². The fourth-order valence-corrected chi connectivity index (χ4v) is 4.53. The predicted octanol–water partition coefficient (Wildman–Crippen LogP) is 2.94. The molecule has 2 aromatic rings. The molecule has 0 radical (unpaired) electrons. The van der Waals surface area contributed by atoms with Gasteiger partial charge in [0.25, 0.3) is 5.91 Å². The van der Waals surface area contributed by atoms with Crippen LogP contribution in [0.2, 0.25) is 0 Å². The predicted molar refractivity (Wildman–Crippen MR) is 93.0 cm³/mol. The molecule has 2 amide bonds. The number of likely N-dealkylation sites (tertiary alicyclic amines) is 1. The molecule has 4 rings (SSSR count). The summed E-state index contributed by atoms with van der Waals surface area (Å²) in [5, 5.41) is 4.89. The van der Waals surface area contributed by atoms with E-state index >= 15 is 0 Å². The number of nitrogens with zero attached hydrogens (tertiary/aromatic N) is 2. The number of carbonyl (C=O) groups excluding carboxylic acids is 2. The van der Waals surface area contributed by atoms with Crippen molar-refractivity contribution in [3.63, 3.8) is 0 Å². The summed E-state index contributed by atoms with van der Waals surface area (Å²) in [5.74, 6) is 0.155. The molecule has 1 saturated heterocycles. The van der Waals surface area contributed by atoms with Gasteiger partial charge >= 0.3 is 0 Å². The highest BCUT2D eigenvalue weighted by molar-refractivity contribution is 7.12. The van der Waals surface area contributed by atoms with Gasteiger partial charge < -0.3 is 10.2 Å². The molecule has 1 spiro atoms. The van der Waals surface area contributed by atoms with E-state index in [9.17, 15) is 9.59 Å². The van der Waals surface area contributed by atoms with Crippen LogP contribution in [0.5, 0.6) is 0 Å². The third-order valence-corrected chi connectivity index (χ3v) is 6.17. The van der Waals surface area contributed by atoms with Crippen LogP contribution in [0, 0.1) is 18.3 Å². The standard InChI is InChI=1S/C18H19N3O2S/c1-12-4-8-24-15(12)17(23)21-7-5-18(11-21)9-14(18)16(22)20-13-3-2-6-19-10-13/h2-4,6,8,10,14H,5,7,9,11H2,1H3,(H,20,22)/t14-,18+/m0/s1. The molecule has 0 aromatic carbocycles. The van der Waals surface area contributed by atoms with Crippen molar-refractivity contribution in [2.75, 3.05) is 18.4 Å². The smallest absolute Gasteiger partial charge is 0.264 e. The van der Waals surface area contributed by atoms with Crippen molar-refractivity contribution in [2.45, 2.75) is 19.8 Å². The van der Waals surface area contributed by atoms with Crippen LogP contribution in [-0.4, -0.2) is 34.8 Å². The molecule has 2 aliphatic rings. The van der Waals surface area contributed by atoms with Gasteiger partial charge in [0, 0.05) is 30.6 Å². The minimum Gasteiger partial charge on any atom is -0.337 e. The third-order valence-electron chi connectivity index (χ3n) is 5.16. The highest BCUT2D eigenvalue weighted by Crippen LogP contribution is 2.59. The van der Waals surface area contributed by atoms with Gasteiger partial charge in [0.15, 0.2) is 0 Å². The van der Waals surface area contributed by atoms with Crippen molar-refractivity contribution in [2.24, 2.45) is 11.3 Å². The summed E-state index contributed by atoms with van der Waals surface area (Å²) in [4.78, 5) is 31.8. The zero-order valence-electron chi connectivity index (χ0n) is 13.5. The van der Waals surface area contributed by atoms with Gasteiger partial charge in [0.2, 0.25) is 5.91 Å². The molecule has 1 N–H and O–H groups in total. The number of amides is 2. The molecule has 24 heavy (non-hydrogen) atoms. The molecule has 2 aromatic heterocycles. The second-order valence-electron chi connectivity index (χ2n) is 6.76. The van der Waals surface area contributed by atoms with Crippen molar-refractivity contribution in [1.82, 2.24) is 9.88 Å². The fourth-order valence-electron chi connectivity index (χ4n) is 3.64. The molecule has 0 bridgehead atoms. The lowest BCUT2D eigenvalue weighted by atomic mass is 10.0. The Morgan fingerprint density at radius 2 is 2.29 bits per heavy atom. The molecule has 124 valence electrons. The van der Waals surface area contributed by atoms with Gasteiger partial charge in [-0.1, -0.05) is 0 Å². The zero-order valence-corrected chi connectivity index (χ0v) is 14.3. The minimum atomic E-state index is -0.0207. The lowest BCUT2D eigenvalue weighted by Crippen LogP contribution is -2.29. The molecule has 2 atom stereocenters. The van der Waals surface area contributed by atoms with E-state index in [4.69, 9.17) is 0 Å². The molecule has 1 saturated carbocycles. The van der Waals surface area contributed by atoms with E-state index in [1.165, 1.54) is 11.3 Å². The number of thiophene rings is 1. The van der Waals surface area contributed by atoms with E-state index in [1.807, 2.05) is 29.3 Å². The van der Waals surface area contributed by atoms with Gasteiger partial charge in [-0.3, -0.25) is 14.6 Å². The third kappa shape index (κ3) is 2.60. The molecular formula is C18H19N3O2S. The average Bonchev–Trinajstić information content (AvgIpc) is 2.89. The lowest BCUT2D eigenvalue weighted by Gasteiger charge is -2.16. The number of rotatable bonds is 3. The van der Waals surface area contributed by atoms with Crippen LogP contribution in [-0.2, 0) is 4.79 Å². The largest absolute Gasteiger partial charge is 0.337 e. The van der Waals surface area contributed by atoms with Gasteiger partial charge in [-0.15, -0.1) is 11.3 Å². The Labute approximate surface area is 144 Å². The molecule has 0 unspecified atom stereocenters. The first kappa shape index (κ1) is 15.3. The van der Waals surface area contributed by atoms with Crippen molar-refractivity contribution >= 4 is 28.8 Å². The van der Waals surface area contributed by atoms with Crippen LogP contribution >= 0.6 is 11.3 Å². The van der Waals surface area contributed by atoms with E-state index in [-0.39, 0.29) is 23.1 Å². The van der Waals surface area contributed by atoms with Crippen molar-refractivity contribution < 1.29 is 9.59 Å². The van der Waals surface area contributed by atoms with E-state index in [0.29, 0.717) is 6.54 Å². The van der Waals surface area contributed by atoms with Gasteiger partial charge in [0.05, 0.1) is 16.8 Å². The van der Waals surface area contributed by atoms with Crippen LogP contribution in [0.15, 0.2) is 36.0 Å². The summed E-state index contributed by atoms with van der Waals surface area (Å²) < 4.78 is 0. The summed E-state index contributed by atoms with van der Waals surface area (Å²) in [5.41, 5.74) is 1.74. The number of carbonyl (C=O) groups is 2. The number of aryl methyl sites for hydroxylation is 1. The Balaban J connectivity index is 1.40. The molecule has 5 nitrogen and oxygen atoms in total. The zero-order chi connectivity index (χ0) is 16.7. The number of hydrogen-bond acceptors (Lipinski definition) is 4. The Morgan fingerprint density at radius 1 is 1.42 bits per heavy atom. The summed E-state index contributed by atoms with van der Waals surface area (Å²) in [6.45, 7) is 3.40. The van der Waals surface area contributed by atoms with E-state index in [1.54, 1.807) is 18.5 Å². The van der Waals surface area contributed by atoms with Crippen LogP contribution in [0.4, 0.5) is 5.69 Å². The Hall–Kier alpha value is -2.21. The molecule has 1 aliphatic carbocycles. The fraction of sp³-hybridized carbons (Fsp3) is 0.389. The normalized spacial score (nSPS) is 25.0. The maximum atomic E-state index is 12.6. The lowest BCUT2D eigenvalue weighted by molar-refractivity contribution is -0.118. The van der Waals surface area contributed by atoms with Gasteiger partial charge in [-0.2, -0.15) is 0 Å². The summed E-state index contributed by atoms with van der Waals surface area (Å²) >= 11 is 1.50. The van der Waals surface area contributed by atoms with E-state index in [2.05, 4.69) is 10.3 Å².